The van der Waals surface area contributed by atoms with Crippen molar-refractivity contribution in [2.45, 2.75) is 26.3 Å². The first-order valence-corrected chi connectivity index (χ1v) is 5.26. The molecule has 0 aliphatic heterocycles. The van der Waals surface area contributed by atoms with Crippen LogP contribution in [0.4, 0.5) is 0 Å². The maximum absolute atomic E-state index is 10.0. The van der Waals surface area contributed by atoms with Crippen molar-refractivity contribution in [1.29, 1.82) is 0 Å². The molecule has 1 aromatic rings. The molecule has 0 bridgehead atoms. The molecule has 0 radical (unpaired) electrons. The number of aliphatic hydroxyl groups excluding tert-OH is 1. The van der Waals surface area contributed by atoms with Crippen molar-refractivity contribution >= 4 is 0 Å². The van der Waals surface area contributed by atoms with Gasteiger partial charge >= 0.3 is 0 Å². The lowest BCUT2D eigenvalue weighted by molar-refractivity contribution is 0.274. The molecule has 0 heterocycles. The molecule has 16 heavy (non-hydrogen) atoms. The minimum absolute atomic E-state index is 0.00412. The Bertz CT molecular complexity index is 377. The lowest BCUT2D eigenvalue weighted by Crippen LogP contribution is -2.13. The first kappa shape index (κ1) is 12.8. The van der Waals surface area contributed by atoms with Gasteiger partial charge in [0, 0.05) is 18.2 Å². The van der Waals surface area contributed by atoms with Crippen LogP contribution in [-0.4, -0.2) is 23.9 Å². The summed E-state index contributed by atoms with van der Waals surface area (Å²) >= 11 is 0. The Hall–Kier alpha value is -1.26. The van der Waals surface area contributed by atoms with E-state index >= 15 is 0 Å². The highest BCUT2D eigenvalue weighted by atomic mass is 16.5. The number of methoxy groups -OCH3 is 1. The fourth-order valence-electron chi connectivity index (χ4n) is 1.72. The van der Waals surface area contributed by atoms with Crippen LogP contribution in [0.15, 0.2) is 6.07 Å². The molecule has 0 fully saturated rings. The summed E-state index contributed by atoms with van der Waals surface area (Å²) in [5.41, 5.74) is 8.41. The lowest BCUT2D eigenvalue weighted by Gasteiger charge is -2.18. The molecule has 4 N–H and O–H groups in total. The van der Waals surface area contributed by atoms with E-state index in [0.29, 0.717) is 17.7 Å². The zero-order chi connectivity index (χ0) is 12.3. The van der Waals surface area contributed by atoms with Crippen LogP contribution in [-0.2, 0) is 0 Å². The summed E-state index contributed by atoms with van der Waals surface area (Å²) in [7, 11) is 1.52. The van der Waals surface area contributed by atoms with Crippen LogP contribution < -0.4 is 10.5 Å². The van der Waals surface area contributed by atoms with E-state index in [1.54, 1.807) is 0 Å². The normalized spacial score (nSPS) is 12.6. The molecular formula is C12H19NO3. The van der Waals surface area contributed by atoms with E-state index in [9.17, 15) is 5.11 Å². The molecule has 0 saturated heterocycles. The Balaban J connectivity index is 3.25. The predicted octanol–water partition coefficient (Wildman–Crippen LogP) is 1.40. The van der Waals surface area contributed by atoms with Gasteiger partial charge in [-0.25, -0.2) is 0 Å². The molecule has 0 aliphatic carbocycles. The quantitative estimate of drug-likeness (QED) is 0.724. The number of benzene rings is 1. The number of ether oxygens (including phenoxy) is 1. The summed E-state index contributed by atoms with van der Waals surface area (Å²) in [4.78, 5) is 0. The number of hydrogen-bond donors (Lipinski definition) is 3. The zero-order valence-electron chi connectivity index (χ0n) is 9.95. The van der Waals surface area contributed by atoms with Gasteiger partial charge in [-0.05, 0) is 31.4 Å². The molecule has 90 valence electrons. The van der Waals surface area contributed by atoms with Crippen LogP contribution in [0.2, 0.25) is 0 Å². The minimum atomic E-state index is -0.377. The van der Waals surface area contributed by atoms with Gasteiger partial charge in [0.05, 0.1) is 7.11 Å². The highest BCUT2D eigenvalue weighted by molar-refractivity contribution is 5.54. The van der Waals surface area contributed by atoms with Gasteiger partial charge in [0.15, 0.2) is 11.5 Å². The van der Waals surface area contributed by atoms with Gasteiger partial charge in [-0.2, -0.15) is 0 Å². The predicted molar refractivity (Wildman–Crippen MR) is 62.8 cm³/mol. The number of phenols is 1. The van der Waals surface area contributed by atoms with Crippen LogP contribution in [0.3, 0.4) is 0 Å². The molecule has 1 aromatic carbocycles. The first-order chi connectivity index (χ1) is 7.52. The van der Waals surface area contributed by atoms with Gasteiger partial charge in [-0.1, -0.05) is 6.07 Å². The number of aromatic hydroxyl groups is 1. The maximum Gasteiger partial charge on any atom is 0.163 e. The Morgan fingerprint density at radius 2 is 2.06 bits per heavy atom. The van der Waals surface area contributed by atoms with E-state index in [4.69, 9.17) is 15.6 Å². The third kappa shape index (κ3) is 2.28. The molecule has 0 spiro atoms. The Morgan fingerprint density at radius 1 is 1.44 bits per heavy atom. The minimum Gasteiger partial charge on any atom is -0.504 e. The van der Waals surface area contributed by atoms with Crippen LogP contribution in [0.1, 0.15) is 29.2 Å². The van der Waals surface area contributed by atoms with E-state index in [1.165, 1.54) is 7.11 Å². The average molecular weight is 225 g/mol. The molecule has 4 heteroatoms. The highest BCUT2D eigenvalue weighted by Gasteiger charge is 2.17. The van der Waals surface area contributed by atoms with E-state index in [-0.39, 0.29) is 18.4 Å². The maximum atomic E-state index is 10.0. The number of nitrogens with two attached hydrogens (primary N) is 1. The monoisotopic (exact) mass is 225 g/mol. The summed E-state index contributed by atoms with van der Waals surface area (Å²) in [6.45, 7) is 3.82. The molecule has 0 aliphatic rings. The van der Waals surface area contributed by atoms with E-state index < -0.39 is 0 Å². The highest BCUT2D eigenvalue weighted by Crippen LogP contribution is 2.38. The summed E-state index contributed by atoms with van der Waals surface area (Å²) in [5, 5.41) is 18.9. The second-order valence-corrected chi connectivity index (χ2v) is 3.91. The van der Waals surface area contributed by atoms with Gasteiger partial charge in [-0.15, -0.1) is 0 Å². The van der Waals surface area contributed by atoms with Gasteiger partial charge < -0.3 is 20.7 Å². The first-order valence-electron chi connectivity index (χ1n) is 5.26. The Morgan fingerprint density at radius 3 is 2.56 bits per heavy atom. The van der Waals surface area contributed by atoms with E-state index in [1.807, 2.05) is 19.9 Å². The second-order valence-electron chi connectivity index (χ2n) is 3.91. The fourth-order valence-corrected chi connectivity index (χ4v) is 1.72. The molecule has 4 nitrogen and oxygen atoms in total. The average Bonchev–Trinajstić information content (AvgIpc) is 2.24. The van der Waals surface area contributed by atoms with Gasteiger partial charge in [0.1, 0.15) is 0 Å². The molecule has 1 atom stereocenters. The summed E-state index contributed by atoms with van der Waals surface area (Å²) in [6, 6.07) is 1.46. The van der Waals surface area contributed by atoms with E-state index in [2.05, 4.69) is 0 Å². The van der Waals surface area contributed by atoms with Gasteiger partial charge in [0.2, 0.25) is 0 Å². The Kier molecular flexibility index (Phi) is 4.15. The van der Waals surface area contributed by atoms with Crippen LogP contribution in [0.25, 0.3) is 0 Å². The standard InChI is InChI=1S/C12H19NO3/c1-7-6-9(10(13)4-5-14)11(15)12(16-3)8(7)2/h6,10,14-15H,4-5,13H2,1-3H3. The molecule has 1 unspecified atom stereocenters. The summed E-state index contributed by atoms with van der Waals surface area (Å²) < 4.78 is 5.16. The fraction of sp³-hybridized carbons (Fsp3) is 0.500. The molecular weight excluding hydrogens is 206 g/mol. The van der Waals surface area contributed by atoms with Crippen molar-refractivity contribution in [3.63, 3.8) is 0 Å². The third-order valence-corrected chi connectivity index (χ3v) is 2.84. The number of hydrogen-bond acceptors (Lipinski definition) is 4. The van der Waals surface area contributed by atoms with Gasteiger partial charge in [-0.3, -0.25) is 0 Å². The third-order valence-electron chi connectivity index (χ3n) is 2.84. The van der Waals surface area contributed by atoms with Crippen LogP contribution in [0, 0.1) is 13.8 Å². The van der Waals surface area contributed by atoms with Crippen LogP contribution >= 0.6 is 0 Å². The molecule has 0 saturated carbocycles. The largest absolute Gasteiger partial charge is 0.504 e. The van der Waals surface area contributed by atoms with Crippen molar-refractivity contribution in [3.05, 3.63) is 22.8 Å². The topological polar surface area (TPSA) is 75.7 Å². The second kappa shape index (κ2) is 5.18. The van der Waals surface area contributed by atoms with Crippen molar-refractivity contribution < 1.29 is 14.9 Å². The number of phenolic OH excluding ortho intramolecular Hbond substituents is 1. The van der Waals surface area contributed by atoms with Gasteiger partial charge in [0.25, 0.3) is 0 Å². The Labute approximate surface area is 95.7 Å². The van der Waals surface area contributed by atoms with E-state index in [0.717, 1.165) is 11.1 Å². The smallest absolute Gasteiger partial charge is 0.163 e. The number of aliphatic hydroxyl groups is 1. The van der Waals surface area contributed by atoms with Crippen molar-refractivity contribution in [3.8, 4) is 11.5 Å². The number of rotatable bonds is 4. The lowest BCUT2D eigenvalue weighted by atomic mass is 9.97. The molecule has 1 rings (SSSR count). The van der Waals surface area contributed by atoms with Crippen molar-refractivity contribution in [2.24, 2.45) is 5.73 Å². The zero-order valence-corrected chi connectivity index (χ0v) is 9.95. The molecule has 0 amide bonds. The number of aryl methyl sites for hydroxylation is 1. The summed E-state index contributed by atoms with van der Waals surface area (Å²) in [5.74, 6) is 0.537. The SMILES string of the molecule is COc1c(C)c(C)cc(C(N)CCO)c1O. The summed E-state index contributed by atoms with van der Waals surface area (Å²) in [6.07, 6.45) is 0.416. The molecule has 0 aromatic heterocycles. The van der Waals surface area contributed by atoms with Crippen molar-refractivity contribution in [2.75, 3.05) is 13.7 Å². The van der Waals surface area contributed by atoms with Crippen molar-refractivity contribution in [1.82, 2.24) is 0 Å². The van der Waals surface area contributed by atoms with Crippen LogP contribution in [0.5, 0.6) is 11.5 Å².